The summed E-state index contributed by atoms with van der Waals surface area (Å²) < 4.78 is 4.51. The topological polar surface area (TPSA) is 85.3 Å². The zero-order valence-electron chi connectivity index (χ0n) is 6.95. The Morgan fingerprint density at radius 2 is 2.31 bits per heavy atom. The van der Waals surface area contributed by atoms with Crippen LogP contribution in [0.1, 0.15) is 10.4 Å². The van der Waals surface area contributed by atoms with Gasteiger partial charge in [0.1, 0.15) is 6.26 Å². The summed E-state index contributed by atoms with van der Waals surface area (Å²) in [4.78, 5) is 21.7. The molecule has 5 heteroatoms. The quantitative estimate of drug-likeness (QED) is 0.649. The molecule has 0 bridgehead atoms. The number of carbonyl (C=O) groups excluding carboxylic acids is 1. The van der Waals surface area contributed by atoms with Gasteiger partial charge in [0.2, 0.25) is 0 Å². The van der Waals surface area contributed by atoms with Crippen molar-refractivity contribution in [1.82, 2.24) is 5.32 Å². The van der Waals surface area contributed by atoms with Crippen molar-refractivity contribution >= 4 is 5.91 Å². The summed E-state index contributed by atoms with van der Waals surface area (Å²) in [6.07, 6.45) is 1.12. The van der Waals surface area contributed by atoms with Gasteiger partial charge in [-0.15, -0.1) is 0 Å². The molecule has 1 aromatic heterocycles. The summed E-state index contributed by atoms with van der Waals surface area (Å²) in [6.45, 7) is 0.778. The molecule has 1 aromatic rings. The number of hydrogen-bond donors (Lipinski definition) is 2. The van der Waals surface area contributed by atoms with Crippen LogP contribution in [0.4, 0.5) is 0 Å². The maximum absolute atomic E-state index is 11.2. The minimum Gasteiger partial charge on any atom is -0.430 e. The number of amides is 1. The first-order valence-corrected chi connectivity index (χ1v) is 3.81. The lowest BCUT2D eigenvalue weighted by Gasteiger charge is -2.00. The molecule has 0 saturated carbocycles. The van der Waals surface area contributed by atoms with E-state index in [0.29, 0.717) is 18.7 Å². The van der Waals surface area contributed by atoms with E-state index in [9.17, 15) is 9.59 Å². The highest BCUT2D eigenvalue weighted by atomic mass is 16.4. The molecule has 3 N–H and O–H groups in total. The summed E-state index contributed by atoms with van der Waals surface area (Å²) in [6, 6.07) is 2.59. The number of carbonyl (C=O) groups is 1. The van der Waals surface area contributed by atoms with Gasteiger partial charge in [0.15, 0.2) is 0 Å². The van der Waals surface area contributed by atoms with Crippen molar-refractivity contribution < 1.29 is 9.21 Å². The second kappa shape index (κ2) is 4.42. The Hall–Kier alpha value is -1.62. The number of rotatable bonds is 3. The summed E-state index contributed by atoms with van der Waals surface area (Å²) in [5.41, 5.74) is 5.03. The molecule has 5 nitrogen and oxygen atoms in total. The average Bonchev–Trinajstić information content (AvgIpc) is 2.15. The van der Waals surface area contributed by atoms with E-state index in [2.05, 4.69) is 9.73 Å². The summed E-state index contributed by atoms with van der Waals surface area (Å²) in [7, 11) is 0. The summed E-state index contributed by atoms with van der Waals surface area (Å²) >= 11 is 0. The maximum atomic E-state index is 11.2. The predicted molar refractivity (Wildman–Crippen MR) is 46.4 cm³/mol. The van der Waals surface area contributed by atoms with E-state index in [-0.39, 0.29) is 5.91 Å². The van der Waals surface area contributed by atoms with Gasteiger partial charge in [-0.2, -0.15) is 0 Å². The third kappa shape index (κ3) is 2.72. The largest absolute Gasteiger partial charge is 0.430 e. The van der Waals surface area contributed by atoms with E-state index >= 15 is 0 Å². The molecule has 1 amide bonds. The molecule has 1 rings (SSSR count). The van der Waals surface area contributed by atoms with Gasteiger partial charge in [0.05, 0.1) is 5.56 Å². The minimum absolute atomic E-state index is 0.297. The normalized spacial score (nSPS) is 9.62. The van der Waals surface area contributed by atoms with Crippen molar-refractivity contribution in [2.45, 2.75) is 0 Å². The first-order valence-electron chi connectivity index (χ1n) is 3.81. The Kier molecular flexibility index (Phi) is 3.22. The van der Waals surface area contributed by atoms with Crippen LogP contribution < -0.4 is 16.7 Å². The Morgan fingerprint density at radius 3 is 2.85 bits per heavy atom. The fourth-order valence-corrected chi connectivity index (χ4v) is 0.775. The van der Waals surface area contributed by atoms with Crippen LogP contribution in [0.3, 0.4) is 0 Å². The van der Waals surface area contributed by atoms with Crippen LogP contribution in [0.25, 0.3) is 0 Å². The SMILES string of the molecule is NCCNC(=O)c1ccc(=O)oc1. The van der Waals surface area contributed by atoms with Crippen molar-refractivity contribution in [2.75, 3.05) is 13.1 Å². The van der Waals surface area contributed by atoms with Gasteiger partial charge >= 0.3 is 5.63 Å². The molecule has 0 radical (unpaired) electrons. The molecule has 0 spiro atoms. The number of hydrogen-bond acceptors (Lipinski definition) is 4. The lowest BCUT2D eigenvalue weighted by molar-refractivity contribution is 0.0952. The lowest BCUT2D eigenvalue weighted by Crippen LogP contribution is -2.29. The lowest BCUT2D eigenvalue weighted by atomic mass is 10.3. The Labute approximate surface area is 74.5 Å². The highest BCUT2D eigenvalue weighted by Gasteiger charge is 2.03. The fourth-order valence-electron chi connectivity index (χ4n) is 0.775. The van der Waals surface area contributed by atoms with Crippen LogP contribution in [0.5, 0.6) is 0 Å². The molecular formula is C8H10N2O3. The highest BCUT2D eigenvalue weighted by Crippen LogP contribution is 1.93. The van der Waals surface area contributed by atoms with Crippen LogP contribution in [0.2, 0.25) is 0 Å². The van der Waals surface area contributed by atoms with Crippen molar-refractivity contribution in [1.29, 1.82) is 0 Å². The van der Waals surface area contributed by atoms with Crippen molar-refractivity contribution in [2.24, 2.45) is 5.73 Å². The second-order valence-electron chi connectivity index (χ2n) is 2.39. The van der Waals surface area contributed by atoms with Crippen LogP contribution in [0.15, 0.2) is 27.6 Å². The molecule has 0 aliphatic carbocycles. The monoisotopic (exact) mass is 182 g/mol. The standard InChI is InChI=1S/C8H10N2O3/c9-3-4-10-8(12)6-1-2-7(11)13-5-6/h1-2,5H,3-4,9H2,(H,10,12). The summed E-state index contributed by atoms with van der Waals surface area (Å²) in [5.74, 6) is -0.297. The second-order valence-corrected chi connectivity index (χ2v) is 2.39. The molecule has 0 atom stereocenters. The molecular weight excluding hydrogens is 172 g/mol. The first-order chi connectivity index (χ1) is 6.24. The van der Waals surface area contributed by atoms with Crippen LogP contribution in [-0.2, 0) is 0 Å². The van der Waals surface area contributed by atoms with Crippen LogP contribution in [0, 0.1) is 0 Å². The Bertz CT molecular complexity index is 325. The van der Waals surface area contributed by atoms with Gasteiger partial charge < -0.3 is 15.5 Å². The van der Waals surface area contributed by atoms with Gasteiger partial charge in [-0.25, -0.2) is 4.79 Å². The molecule has 0 unspecified atom stereocenters. The van der Waals surface area contributed by atoms with Gasteiger partial charge in [-0.3, -0.25) is 4.79 Å². The zero-order valence-corrected chi connectivity index (χ0v) is 6.95. The molecule has 0 aliphatic heterocycles. The Morgan fingerprint density at radius 1 is 1.54 bits per heavy atom. The van der Waals surface area contributed by atoms with E-state index < -0.39 is 5.63 Å². The predicted octanol–water partition coefficient (Wildman–Crippen LogP) is -0.672. The molecule has 0 fully saturated rings. The fraction of sp³-hybridized carbons (Fsp3) is 0.250. The molecule has 70 valence electrons. The van der Waals surface area contributed by atoms with Gasteiger partial charge in [-0.05, 0) is 6.07 Å². The summed E-state index contributed by atoms with van der Waals surface area (Å²) in [5, 5.41) is 2.54. The van der Waals surface area contributed by atoms with Gasteiger partial charge in [0, 0.05) is 19.2 Å². The van der Waals surface area contributed by atoms with E-state index in [1.807, 2.05) is 0 Å². The average molecular weight is 182 g/mol. The van der Waals surface area contributed by atoms with E-state index in [4.69, 9.17) is 5.73 Å². The number of nitrogens with one attached hydrogen (secondary N) is 1. The molecule has 1 heterocycles. The van der Waals surface area contributed by atoms with Crippen molar-refractivity contribution in [3.8, 4) is 0 Å². The van der Waals surface area contributed by atoms with Crippen LogP contribution in [-0.4, -0.2) is 19.0 Å². The Balaban J connectivity index is 2.66. The van der Waals surface area contributed by atoms with Gasteiger partial charge in [-0.1, -0.05) is 0 Å². The molecule has 0 aromatic carbocycles. The van der Waals surface area contributed by atoms with E-state index in [0.717, 1.165) is 6.26 Å². The smallest absolute Gasteiger partial charge is 0.335 e. The first kappa shape index (κ1) is 9.47. The third-order valence-electron chi connectivity index (χ3n) is 1.39. The van der Waals surface area contributed by atoms with Crippen LogP contribution >= 0.6 is 0 Å². The molecule has 0 saturated heterocycles. The minimum atomic E-state index is -0.477. The van der Waals surface area contributed by atoms with E-state index in [1.165, 1.54) is 12.1 Å². The third-order valence-corrected chi connectivity index (χ3v) is 1.39. The number of nitrogens with two attached hydrogens (primary N) is 1. The van der Waals surface area contributed by atoms with Crippen molar-refractivity contribution in [3.05, 3.63) is 34.4 Å². The molecule has 0 aliphatic rings. The highest BCUT2D eigenvalue weighted by molar-refractivity contribution is 5.93. The zero-order chi connectivity index (χ0) is 9.68. The molecule has 13 heavy (non-hydrogen) atoms. The van der Waals surface area contributed by atoms with Crippen molar-refractivity contribution in [3.63, 3.8) is 0 Å². The van der Waals surface area contributed by atoms with E-state index in [1.54, 1.807) is 0 Å². The van der Waals surface area contributed by atoms with Gasteiger partial charge in [0.25, 0.3) is 5.91 Å². The maximum Gasteiger partial charge on any atom is 0.335 e.